The number of hydrogen-bond acceptors (Lipinski definition) is 2. The van der Waals surface area contributed by atoms with Crippen LogP contribution in [-0.4, -0.2) is 22.8 Å². The maximum atomic E-state index is 9.61. The van der Waals surface area contributed by atoms with Crippen LogP contribution in [0.4, 0.5) is 0 Å². The predicted octanol–water partition coefficient (Wildman–Crippen LogP) is 1.93. The van der Waals surface area contributed by atoms with Gasteiger partial charge in [0.1, 0.15) is 0 Å². The number of nitrogens with one attached hydrogen (secondary N) is 1. The maximum Gasteiger partial charge on any atom is 0.0609 e. The highest BCUT2D eigenvalue weighted by molar-refractivity contribution is 4.84. The Kier molecular flexibility index (Phi) is 4.21. The molecule has 0 spiro atoms. The van der Waals surface area contributed by atoms with Crippen molar-refractivity contribution in [1.29, 1.82) is 0 Å². The third-order valence-corrected chi connectivity index (χ3v) is 1.73. The SMILES string of the molecule is CCCNC(C)(C)CC(C)(C)O. The van der Waals surface area contributed by atoms with Gasteiger partial charge in [-0.1, -0.05) is 6.92 Å². The summed E-state index contributed by atoms with van der Waals surface area (Å²) in [4.78, 5) is 0. The summed E-state index contributed by atoms with van der Waals surface area (Å²) in [5.74, 6) is 0. The Labute approximate surface area is 76.4 Å². The molecule has 0 unspecified atom stereocenters. The number of rotatable bonds is 5. The molecular weight excluding hydrogens is 150 g/mol. The average molecular weight is 173 g/mol. The molecule has 0 aliphatic carbocycles. The highest BCUT2D eigenvalue weighted by atomic mass is 16.3. The van der Waals surface area contributed by atoms with Crippen molar-refractivity contribution in [3.05, 3.63) is 0 Å². The van der Waals surface area contributed by atoms with Crippen LogP contribution in [0.5, 0.6) is 0 Å². The standard InChI is InChI=1S/C10H23NO/c1-6-7-11-9(2,3)8-10(4,5)12/h11-12H,6-8H2,1-5H3. The maximum absolute atomic E-state index is 9.61. The Morgan fingerprint density at radius 2 is 1.67 bits per heavy atom. The van der Waals surface area contributed by atoms with Gasteiger partial charge in [-0.2, -0.15) is 0 Å². The molecule has 2 heteroatoms. The molecular formula is C10H23NO. The molecule has 74 valence electrons. The van der Waals surface area contributed by atoms with E-state index in [0.29, 0.717) is 0 Å². The van der Waals surface area contributed by atoms with Gasteiger partial charge in [-0.05, 0) is 47.1 Å². The minimum atomic E-state index is -0.579. The lowest BCUT2D eigenvalue weighted by atomic mass is 9.89. The first kappa shape index (κ1) is 11.9. The van der Waals surface area contributed by atoms with E-state index in [1.54, 1.807) is 0 Å². The molecule has 0 rings (SSSR count). The summed E-state index contributed by atoms with van der Waals surface area (Å²) in [6.07, 6.45) is 1.91. The molecule has 0 fully saturated rings. The van der Waals surface area contributed by atoms with E-state index < -0.39 is 5.60 Å². The van der Waals surface area contributed by atoms with Gasteiger partial charge in [0.25, 0.3) is 0 Å². The molecule has 0 bridgehead atoms. The Hall–Kier alpha value is -0.0800. The summed E-state index contributed by atoms with van der Waals surface area (Å²) in [5.41, 5.74) is -0.543. The first-order chi connectivity index (χ1) is 5.27. The highest BCUT2D eigenvalue weighted by Crippen LogP contribution is 2.19. The lowest BCUT2D eigenvalue weighted by molar-refractivity contribution is 0.0443. The van der Waals surface area contributed by atoms with Crippen LogP contribution in [0.1, 0.15) is 47.5 Å². The zero-order chi connectivity index (χ0) is 9.83. The van der Waals surface area contributed by atoms with E-state index in [4.69, 9.17) is 0 Å². The van der Waals surface area contributed by atoms with Crippen molar-refractivity contribution in [2.75, 3.05) is 6.54 Å². The van der Waals surface area contributed by atoms with Crippen molar-refractivity contribution in [1.82, 2.24) is 5.32 Å². The molecule has 0 amide bonds. The lowest BCUT2D eigenvalue weighted by Gasteiger charge is -2.32. The van der Waals surface area contributed by atoms with Gasteiger partial charge < -0.3 is 10.4 Å². The smallest absolute Gasteiger partial charge is 0.0609 e. The van der Waals surface area contributed by atoms with Crippen molar-refractivity contribution >= 4 is 0 Å². The van der Waals surface area contributed by atoms with E-state index in [-0.39, 0.29) is 5.54 Å². The molecule has 0 saturated heterocycles. The van der Waals surface area contributed by atoms with E-state index in [1.807, 2.05) is 13.8 Å². The van der Waals surface area contributed by atoms with Crippen LogP contribution < -0.4 is 5.32 Å². The molecule has 2 nitrogen and oxygen atoms in total. The zero-order valence-corrected chi connectivity index (χ0v) is 9.07. The molecule has 0 radical (unpaired) electrons. The van der Waals surface area contributed by atoms with Gasteiger partial charge in [0.05, 0.1) is 5.60 Å². The van der Waals surface area contributed by atoms with Crippen LogP contribution in [0.25, 0.3) is 0 Å². The van der Waals surface area contributed by atoms with E-state index in [1.165, 1.54) is 0 Å². The second kappa shape index (κ2) is 4.24. The molecule has 0 aromatic rings. The van der Waals surface area contributed by atoms with E-state index >= 15 is 0 Å². The van der Waals surface area contributed by atoms with Gasteiger partial charge >= 0.3 is 0 Å². The van der Waals surface area contributed by atoms with E-state index in [0.717, 1.165) is 19.4 Å². The van der Waals surface area contributed by atoms with Gasteiger partial charge in [0, 0.05) is 5.54 Å². The fraction of sp³-hybridized carbons (Fsp3) is 1.00. The monoisotopic (exact) mass is 173 g/mol. The first-order valence-electron chi connectivity index (χ1n) is 4.74. The van der Waals surface area contributed by atoms with Gasteiger partial charge in [0.15, 0.2) is 0 Å². The van der Waals surface area contributed by atoms with Crippen molar-refractivity contribution in [2.45, 2.75) is 58.6 Å². The van der Waals surface area contributed by atoms with Crippen LogP contribution in [0.3, 0.4) is 0 Å². The minimum Gasteiger partial charge on any atom is -0.390 e. The summed E-state index contributed by atoms with van der Waals surface area (Å²) < 4.78 is 0. The zero-order valence-electron chi connectivity index (χ0n) is 9.07. The van der Waals surface area contributed by atoms with Gasteiger partial charge in [-0.3, -0.25) is 0 Å². The van der Waals surface area contributed by atoms with Crippen molar-refractivity contribution in [2.24, 2.45) is 0 Å². The second-order valence-electron chi connectivity index (χ2n) is 4.80. The van der Waals surface area contributed by atoms with Crippen molar-refractivity contribution in [3.63, 3.8) is 0 Å². The van der Waals surface area contributed by atoms with Crippen molar-refractivity contribution < 1.29 is 5.11 Å². The second-order valence-corrected chi connectivity index (χ2v) is 4.80. The first-order valence-corrected chi connectivity index (χ1v) is 4.74. The van der Waals surface area contributed by atoms with Gasteiger partial charge in [-0.25, -0.2) is 0 Å². The Balaban J connectivity index is 3.86. The molecule has 0 aromatic carbocycles. The largest absolute Gasteiger partial charge is 0.390 e. The van der Waals surface area contributed by atoms with Crippen LogP contribution in [0.15, 0.2) is 0 Å². The minimum absolute atomic E-state index is 0.0360. The third kappa shape index (κ3) is 6.62. The molecule has 2 N–H and O–H groups in total. The van der Waals surface area contributed by atoms with E-state index in [2.05, 4.69) is 26.1 Å². The number of aliphatic hydroxyl groups is 1. The highest BCUT2D eigenvalue weighted by Gasteiger charge is 2.25. The van der Waals surface area contributed by atoms with E-state index in [9.17, 15) is 5.11 Å². The molecule has 0 saturated carbocycles. The third-order valence-electron chi connectivity index (χ3n) is 1.73. The van der Waals surface area contributed by atoms with Gasteiger partial charge in [0.2, 0.25) is 0 Å². The summed E-state index contributed by atoms with van der Waals surface area (Å²) in [6.45, 7) is 11.1. The normalized spacial score (nSPS) is 13.5. The average Bonchev–Trinajstić information content (AvgIpc) is 1.78. The quantitative estimate of drug-likeness (QED) is 0.666. The van der Waals surface area contributed by atoms with Crippen LogP contribution in [0.2, 0.25) is 0 Å². The van der Waals surface area contributed by atoms with Crippen molar-refractivity contribution in [3.8, 4) is 0 Å². The lowest BCUT2D eigenvalue weighted by Crippen LogP contribution is -2.45. The summed E-state index contributed by atoms with van der Waals surface area (Å²) in [6, 6.07) is 0. The fourth-order valence-electron chi connectivity index (χ4n) is 1.61. The topological polar surface area (TPSA) is 32.3 Å². The molecule has 0 atom stereocenters. The molecule has 0 aliphatic rings. The Morgan fingerprint density at radius 3 is 2.00 bits per heavy atom. The molecule has 12 heavy (non-hydrogen) atoms. The number of hydrogen-bond donors (Lipinski definition) is 2. The Bertz CT molecular complexity index is 124. The van der Waals surface area contributed by atoms with Crippen LogP contribution >= 0.6 is 0 Å². The summed E-state index contributed by atoms with van der Waals surface area (Å²) >= 11 is 0. The van der Waals surface area contributed by atoms with Crippen LogP contribution in [0, 0.1) is 0 Å². The summed E-state index contributed by atoms with van der Waals surface area (Å²) in [5, 5.41) is 13.0. The Morgan fingerprint density at radius 1 is 1.17 bits per heavy atom. The summed E-state index contributed by atoms with van der Waals surface area (Å²) in [7, 11) is 0. The molecule has 0 aromatic heterocycles. The molecule has 0 heterocycles. The van der Waals surface area contributed by atoms with Gasteiger partial charge in [-0.15, -0.1) is 0 Å². The molecule has 0 aliphatic heterocycles. The fourth-order valence-corrected chi connectivity index (χ4v) is 1.61. The van der Waals surface area contributed by atoms with Crippen LogP contribution in [-0.2, 0) is 0 Å². The predicted molar refractivity (Wildman–Crippen MR) is 53.3 cm³/mol.